The zero-order chi connectivity index (χ0) is 8.97. The van der Waals surface area contributed by atoms with Gasteiger partial charge in [-0.05, 0) is 22.2 Å². The topological polar surface area (TPSA) is 66.9 Å². The molecule has 0 bridgehead atoms. The predicted molar refractivity (Wildman–Crippen MR) is 50.0 cm³/mol. The van der Waals surface area contributed by atoms with Crippen molar-refractivity contribution in [2.45, 2.75) is 4.90 Å². The number of hydrogen-bond donors (Lipinski definition) is 0. The molecule has 1 aromatic rings. The molecule has 0 fully saturated rings. The summed E-state index contributed by atoms with van der Waals surface area (Å²) in [4.78, 5) is 10.5. The average Bonchev–Trinajstić information content (AvgIpc) is 2.48. The van der Waals surface area contributed by atoms with E-state index in [4.69, 9.17) is 5.26 Å². The standard InChI is InChI=1S/C5H2N2O2S3/c6-3-11-12-4-1-2-10-5(4)7(8)9/h1-2H. The van der Waals surface area contributed by atoms with Gasteiger partial charge in [0.05, 0.1) is 4.92 Å². The molecule has 0 radical (unpaired) electrons. The first kappa shape index (κ1) is 9.38. The lowest BCUT2D eigenvalue weighted by Gasteiger charge is -1.88. The van der Waals surface area contributed by atoms with E-state index in [1.54, 1.807) is 11.4 Å². The van der Waals surface area contributed by atoms with Crippen LogP contribution in [-0.4, -0.2) is 4.92 Å². The molecule has 1 rings (SSSR count). The van der Waals surface area contributed by atoms with Crippen molar-refractivity contribution in [1.29, 1.82) is 5.26 Å². The summed E-state index contributed by atoms with van der Waals surface area (Å²) >= 11 is 1.07. The SMILES string of the molecule is N#CSSc1ccsc1[N+](=O)[O-]. The lowest BCUT2D eigenvalue weighted by Crippen LogP contribution is -1.83. The maximum absolute atomic E-state index is 10.4. The fourth-order valence-electron chi connectivity index (χ4n) is 0.550. The van der Waals surface area contributed by atoms with Gasteiger partial charge in [-0.25, -0.2) is 0 Å². The quantitative estimate of drug-likeness (QED) is 0.338. The molecule has 62 valence electrons. The Morgan fingerprint density at radius 3 is 3.08 bits per heavy atom. The van der Waals surface area contributed by atoms with Gasteiger partial charge in [0.25, 0.3) is 0 Å². The Bertz CT molecular complexity index is 330. The van der Waals surface area contributed by atoms with E-state index in [0.717, 1.165) is 32.9 Å². The molecule has 0 unspecified atom stereocenters. The minimum absolute atomic E-state index is 0.0998. The van der Waals surface area contributed by atoms with Gasteiger partial charge in [0.15, 0.2) is 0 Å². The van der Waals surface area contributed by atoms with E-state index in [-0.39, 0.29) is 5.00 Å². The fraction of sp³-hybridized carbons (Fsp3) is 0. The molecule has 0 aliphatic carbocycles. The number of nitrogens with zero attached hydrogens (tertiary/aromatic N) is 2. The molecule has 0 N–H and O–H groups in total. The smallest absolute Gasteiger partial charge is 0.258 e. The van der Waals surface area contributed by atoms with Crippen molar-refractivity contribution in [3.8, 4) is 5.40 Å². The van der Waals surface area contributed by atoms with Crippen molar-refractivity contribution in [3.05, 3.63) is 21.6 Å². The third kappa shape index (κ3) is 2.14. The van der Waals surface area contributed by atoms with E-state index in [1.807, 2.05) is 5.40 Å². The third-order valence-electron chi connectivity index (χ3n) is 0.944. The fourth-order valence-corrected chi connectivity index (χ4v) is 2.85. The van der Waals surface area contributed by atoms with Crippen LogP contribution in [0.5, 0.6) is 0 Å². The van der Waals surface area contributed by atoms with Gasteiger partial charge in [-0.15, -0.1) is 0 Å². The van der Waals surface area contributed by atoms with E-state index >= 15 is 0 Å². The highest BCUT2D eigenvalue weighted by molar-refractivity contribution is 8.78. The monoisotopic (exact) mass is 218 g/mol. The summed E-state index contributed by atoms with van der Waals surface area (Å²) < 4.78 is 0. The van der Waals surface area contributed by atoms with Crippen molar-refractivity contribution < 1.29 is 4.92 Å². The van der Waals surface area contributed by atoms with E-state index in [2.05, 4.69) is 0 Å². The van der Waals surface area contributed by atoms with Crippen LogP contribution in [0, 0.1) is 20.8 Å². The summed E-state index contributed by atoms with van der Waals surface area (Å²) in [7, 11) is 2.03. The van der Waals surface area contributed by atoms with Crippen molar-refractivity contribution in [1.82, 2.24) is 0 Å². The number of thiophene rings is 1. The highest BCUT2D eigenvalue weighted by atomic mass is 33.1. The Balaban J connectivity index is 2.79. The van der Waals surface area contributed by atoms with Crippen LogP contribution < -0.4 is 0 Å². The van der Waals surface area contributed by atoms with Crippen LogP contribution in [0.25, 0.3) is 0 Å². The van der Waals surface area contributed by atoms with Crippen LogP contribution in [0.15, 0.2) is 16.3 Å². The number of rotatable bonds is 3. The summed E-state index contributed by atoms with van der Waals surface area (Å²) in [5.74, 6) is 0. The third-order valence-corrected chi connectivity index (χ3v) is 3.62. The van der Waals surface area contributed by atoms with Crippen molar-refractivity contribution in [2.75, 3.05) is 0 Å². The van der Waals surface area contributed by atoms with Gasteiger partial charge in [-0.3, -0.25) is 10.1 Å². The van der Waals surface area contributed by atoms with Crippen LogP contribution >= 0.6 is 32.9 Å². The van der Waals surface area contributed by atoms with Gasteiger partial charge >= 0.3 is 5.00 Å². The first-order valence-corrected chi connectivity index (χ1v) is 5.73. The Kier molecular flexibility index (Phi) is 3.40. The Labute approximate surface area is 80.1 Å². The van der Waals surface area contributed by atoms with Gasteiger partial charge < -0.3 is 0 Å². The molecular weight excluding hydrogens is 216 g/mol. The first-order valence-electron chi connectivity index (χ1n) is 2.70. The van der Waals surface area contributed by atoms with Crippen molar-refractivity contribution in [2.24, 2.45) is 0 Å². The van der Waals surface area contributed by atoms with Crippen LogP contribution in [0.2, 0.25) is 0 Å². The molecule has 1 aromatic heterocycles. The zero-order valence-electron chi connectivity index (χ0n) is 5.59. The molecule has 0 aliphatic rings. The highest BCUT2D eigenvalue weighted by Crippen LogP contribution is 2.39. The summed E-state index contributed by atoms with van der Waals surface area (Å²) in [5, 5.41) is 22.1. The summed E-state index contributed by atoms with van der Waals surface area (Å²) in [6, 6.07) is 1.64. The van der Waals surface area contributed by atoms with Crippen LogP contribution in [0.4, 0.5) is 5.00 Å². The molecule has 0 spiro atoms. The molecule has 0 amide bonds. The average molecular weight is 218 g/mol. The molecular formula is C5H2N2O2S3. The van der Waals surface area contributed by atoms with E-state index in [0.29, 0.717) is 4.90 Å². The summed E-state index contributed by atoms with van der Waals surface area (Å²) in [6.45, 7) is 0. The maximum atomic E-state index is 10.4. The van der Waals surface area contributed by atoms with Gasteiger partial charge in [0.1, 0.15) is 10.3 Å². The molecule has 0 saturated heterocycles. The number of thiocyanates is 1. The lowest BCUT2D eigenvalue weighted by atomic mass is 10.6. The predicted octanol–water partition coefficient (Wildman–Crippen LogP) is 2.88. The molecule has 1 heterocycles. The number of hydrogen-bond acceptors (Lipinski definition) is 6. The highest BCUT2D eigenvalue weighted by Gasteiger charge is 2.15. The molecule has 0 saturated carbocycles. The van der Waals surface area contributed by atoms with Gasteiger partial charge in [0.2, 0.25) is 0 Å². The van der Waals surface area contributed by atoms with E-state index in [1.165, 1.54) is 0 Å². The molecule has 7 heteroatoms. The number of nitro groups is 1. The largest absolute Gasteiger partial charge is 0.338 e. The van der Waals surface area contributed by atoms with Crippen molar-refractivity contribution in [3.63, 3.8) is 0 Å². The lowest BCUT2D eigenvalue weighted by molar-refractivity contribution is -0.382. The second-order valence-electron chi connectivity index (χ2n) is 1.61. The van der Waals surface area contributed by atoms with Gasteiger partial charge in [-0.2, -0.15) is 5.26 Å². The minimum Gasteiger partial charge on any atom is -0.258 e. The number of nitriles is 1. The van der Waals surface area contributed by atoms with Crippen LogP contribution in [0.1, 0.15) is 0 Å². The Hall–Kier alpha value is -0.710. The Morgan fingerprint density at radius 2 is 2.50 bits per heavy atom. The van der Waals surface area contributed by atoms with Gasteiger partial charge in [-0.1, -0.05) is 11.3 Å². The van der Waals surface area contributed by atoms with E-state index in [9.17, 15) is 10.1 Å². The second-order valence-corrected chi connectivity index (χ2v) is 4.46. The van der Waals surface area contributed by atoms with Crippen LogP contribution in [0.3, 0.4) is 0 Å². The van der Waals surface area contributed by atoms with Crippen LogP contribution in [-0.2, 0) is 0 Å². The summed E-state index contributed by atoms with van der Waals surface area (Å²) in [6.07, 6.45) is 0. The van der Waals surface area contributed by atoms with E-state index < -0.39 is 4.92 Å². The molecule has 0 aromatic carbocycles. The molecule has 0 aliphatic heterocycles. The van der Waals surface area contributed by atoms with Gasteiger partial charge in [0, 0.05) is 10.8 Å². The minimum atomic E-state index is -0.440. The van der Waals surface area contributed by atoms with Crippen molar-refractivity contribution >= 4 is 37.9 Å². The molecule has 0 atom stereocenters. The maximum Gasteiger partial charge on any atom is 0.338 e. The Morgan fingerprint density at radius 1 is 1.75 bits per heavy atom. The summed E-state index contributed by atoms with van der Waals surface area (Å²) in [5.41, 5.74) is 0. The zero-order valence-corrected chi connectivity index (χ0v) is 8.04. The first-order chi connectivity index (χ1) is 5.75. The molecule has 4 nitrogen and oxygen atoms in total. The molecule has 12 heavy (non-hydrogen) atoms. The normalized spacial score (nSPS) is 9.25. The second kappa shape index (κ2) is 4.35.